The minimum Gasteiger partial charge on any atom is -0.394 e. The Morgan fingerprint density at radius 2 is 0.727 bits per heavy atom. The molecule has 19 nitrogen and oxygen atoms in total. The van der Waals surface area contributed by atoms with Crippen LogP contribution in [0.2, 0.25) is 0 Å². The molecule has 12 N–H and O–H groups in total. The first-order chi connectivity index (χ1) is 42.8. The molecule has 516 valence electrons. The fourth-order valence-electron chi connectivity index (χ4n) is 11.9. The van der Waals surface area contributed by atoms with Crippen molar-refractivity contribution in [1.29, 1.82) is 0 Å². The smallest absolute Gasteiger partial charge is 0.220 e. The zero-order chi connectivity index (χ0) is 64.0. The lowest BCUT2D eigenvalue weighted by molar-refractivity contribution is -0.379. The lowest BCUT2D eigenvalue weighted by Gasteiger charge is -2.48. The molecule has 0 aromatic heterocycles. The number of aliphatic hydroxyl groups is 11. The number of hydrogen-bond acceptors (Lipinski definition) is 18. The summed E-state index contributed by atoms with van der Waals surface area (Å²) in [5.74, 6) is -0.293. The molecule has 3 fully saturated rings. The number of nitrogens with one attached hydrogen (secondary N) is 1. The summed E-state index contributed by atoms with van der Waals surface area (Å²) in [5.41, 5.74) is 0. The maximum atomic E-state index is 13.4. The Morgan fingerprint density at radius 3 is 1.14 bits per heavy atom. The maximum absolute atomic E-state index is 13.4. The van der Waals surface area contributed by atoms with Crippen LogP contribution in [0.4, 0.5) is 0 Å². The maximum Gasteiger partial charge on any atom is 0.220 e. The molecular formula is C69H127NO18. The van der Waals surface area contributed by atoms with Crippen LogP contribution < -0.4 is 5.32 Å². The van der Waals surface area contributed by atoms with E-state index in [2.05, 4.69) is 43.5 Å². The van der Waals surface area contributed by atoms with Crippen LogP contribution in [0.15, 0.2) is 36.5 Å². The Morgan fingerprint density at radius 1 is 0.398 bits per heavy atom. The van der Waals surface area contributed by atoms with Gasteiger partial charge in [0, 0.05) is 6.42 Å². The van der Waals surface area contributed by atoms with Gasteiger partial charge in [0.2, 0.25) is 5.91 Å². The second-order valence-electron chi connectivity index (χ2n) is 25.3. The number of carbonyl (C=O) groups excluding carboxylic acids is 1. The molecule has 88 heavy (non-hydrogen) atoms. The van der Waals surface area contributed by atoms with Crippen LogP contribution in [0, 0.1) is 0 Å². The highest BCUT2D eigenvalue weighted by Gasteiger charge is 2.53. The molecule has 0 aromatic carbocycles. The van der Waals surface area contributed by atoms with Gasteiger partial charge in [0.25, 0.3) is 0 Å². The van der Waals surface area contributed by atoms with Crippen molar-refractivity contribution in [2.24, 2.45) is 0 Å². The number of unbranched alkanes of at least 4 members (excludes halogenated alkanes) is 34. The first kappa shape index (κ1) is 80.2. The van der Waals surface area contributed by atoms with Gasteiger partial charge in [-0.1, -0.05) is 237 Å². The average Bonchev–Trinajstić information content (AvgIpc) is 2.85. The molecule has 0 spiro atoms. The zero-order valence-electron chi connectivity index (χ0n) is 54.5. The Bertz CT molecular complexity index is 1740. The standard InChI is InChI=1S/C69H127NO18/c1-3-5-7-9-11-13-15-17-19-20-21-22-23-24-25-26-27-28-29-30-31-32-33-34-36-38-40-42-44-46-53(74)52(70-57(75)47-45-43-41-39-37-35-18-16-14-12-10-8-6-4-2)51-83-67-63(81)60(78)65(55(49-72)85-67)88-69-64(82)61(79)66(56(50-73)86-69)87-68-62(80)59(77)58(76)54(48-71)84-68/h16,18,36,38,44,46,52-56,58-69,71-74,76-82H,3-15,17,19-35,37,39-43,45,47-51H2,1-2H3,(H,70,75)/b18-16-,38-36+,46-44+. The predicted molar refractivity (Wildman–Crippen MR) is 342 cm³/mol. The van der Waals surface area contributed by atoms with E-state index in [4.69, 9.17) is 28.4 Å². The van der Waals surface area contributed by atoms with E-state index in [0.717, 1.165) is 57.8 Å². The van der Waals surface area contributed by atoms with Crippen LogP contribution in [-0.2, 0) is 33.2 Å². The second kappa shape index (κ2) is 51.4. The van der Waals surface area contributed by atoms with Crippen LogP contribution in [0.25, 0.3) is 0 Å². The fourth-order valence-corrected chi connectivity index (χ4v) is 11.9. The summed E-state index contributed by atoms with van der Waals surface area (Å²) in [6.07, 6.45) is 32.9. The number of ether oxygens (including phenoxy) is 6. The summed E-state index contributed by atoms with van der Waals surface area (Å²) in [6, 6.07) is -0.994. The SMILES string of the molecule is CCCCCCC/C=C\CCCCCCCC(=O)NC(COC1OC(CO)C(OC2OC(CO)C(OC3OC(CO)C(O)C(O)C3O)C(O)C2O)C(O)C1O)C(O)/C=C/CC/C=C/CCCCCCCCCCCCCCCCCCCCCCCCC. The largest absolute Gasteiger partial charge is 0.394 e. The predicted octanol–water partition coefficient (Wildman–Crippen LogP) is 9.22. The number of rotatable bonds is 54. The summed E-state index contributed by atoms with van der Waals surface area (Å²) in [5, 5.41) is 120. The van der Waals surface area contributed by atoms with Crippen LogP contribution in [0.5, 0.6) is 0 Å². The van der Waals surface area contributed by atoms with Gasteiger partial charge in [-0.15, -0.1) is 0 Å². The van der Waals surface area contributed by atoms with E-state index >= 15 is 0 Å². The molecule has 0 aromatic rings. The molecule has 19 heteroatoms. The number of aliphatic hydroxyl groups excluding tert-OH is 11. The molecule has 3 rings (SSSR count). The van der Waals surface area contributed by atoms with Gasteiger partial charge in [0.15, 0.2) is 18.9 Å². The molecule has 0 aliphatic carbocycles. The van der Waals surface area contributed by atoms with Crippen molar-refractivity contribution < 1.29 is 89.4 Å². The van der Waals surface area contributed by atoms with Crippen LogP contribution in [-0.4, -0.2) is 193 Å². The van der Waals surface area contributed by atoms with Crippen LogP contribution in [0.3, 0.4) is 0 Å². The van der Waals surface area contributed by atoms with Gasteiger partial charge in [-0.25, -0.2) is 0 Å². The third-order valence-corrected chi connectivity index (χ3v) is 17.7. The van der Waals surface area contributed by atoms with Crippen molar-refractivity contribution in [2.45, 2.75) is 369 Å². The van der Waals surface area contributed by atoms with E-state index in [-0.39, 0.29) is 18.9 Å². The Balaban J connectivity index is 1.42. The van der Waals surface area contributed by atoms with Crippen molar-refractivity contribution >= 4 is 5.91 Å². The van der Waals surface area contributed by atoms with Crippen LogP contribution >= 0.6 is 0 Å². The number of allylic oxidation sites excluding steroid dienone is 5. The molecule has 0 saturated carbocycles. The lowest BCUT2D eigenvalue weighted by Crippen LogP contribution is -2.66. The Hall–Kier alpha value is -1.99. The normalized spacial score (nSPS) is 28.6. The molecule has 17 unspecified atom stereocenters. The molecule has 0 radical (unpaired) electrons. The molecule has 17 atom stereocenters. The van der Waals surface area contributed by atoms with Gasteiger partial charge in [0.1, 0.15) is 73.2 Å². The average molecular weight is 1260 g/mol. The van der Waals surface area contributed by atoms with Gasteiger partial charge >= 0.3 is 0 Å². The van der Waals surface area contributed by atoms with E-state index in [1.165, 1.54) is 173 Å². The molecule has 3 aliphatic rings. The first-order valence-electron chi connectivity index (χ1n) is 35.2. The molecule has 0 bridgehead atoms. The molecular weight excluding hydrogens is 1130 g/mol. The van der Waals surface area contributed by atoms with Gasteiger partial charge in [-0.2, -0.15) is 0 Å². The molecule has 3 saturated heterocycles. The van der Waals surface area contributed by atoms with E-state index in [9.17, 15) is 61.0 Å². The van der Waals surface area contributed by atoms with Crippen molar-refractivity contribution in [1.82, 2.24) is 5.32 Å². The van der Waals surface area contributed by atoms with Gasteiger partial charge < -0.3 is 89.9 Å². The number of amides is 1. The van der Waals surface area contributed by atoms with E-state index in [0.29, 0.717) is 12.8 Å². The second-order valence-corrected chi connectivity index (χ2v) is 25.3. The van der Waals surface area contributed by atoms with E-state index in [1.54, 1.807) is 6.08 Å². The van der Waals surface area contributed by atoms with Crippen molar-refractivity contribution in [3.8, 4) is 0 Å². The monoisotopic (exact) mass is 1260 g/mol. The lowest BCUT2D eigenvalue weighted by atomic mass is 9.96. The summed E-state index contributed by atoms with van der Waals surface area (Å²) < 4.78 is 34.3. The first-order valence-corrected chi connectivity index (χ1v) is 35.2. The number of hydrogen-bond donors (Lipinski definition) is 12. The van der Waals surface area contributed by atoms with Crippen molar-refractivity contribution in [3.63, 3.8) is 0 Å². The van der Waals surface area contributed by atoms with Gasteiger partial charge in [-0.05, 0) is 57.8 Å². The highest BCUT2D eigenvalue weighted by atomic mass is 16.8. The Kier molecular flexibility index (Phi) is 46.9. The van der Waals surface area contributed by atoms with Gasteiger partial charge in [0.05, 0.1) is 38.6 Å². The highest BCUT2D eigenvalue weighted by molar-refractivity contribution is 5.76. The minimum atomic E-state index is -1.98. The van der Waals surface area contributed by atoms with E-state index < -0.39 is 124 Å². The minimum absolute atomic E-state index is 0.226. The molecule has 3 aliphatic heterocycles. The third kappa shape index (κ3) is 33.2. The van der Waals surface area contributed by atoms with Crippen molar-refractivity contribution in [3.05, 3.63) is 36.5 Å². The Labute approximate surface area is 530 Å². The van der Waals surface area contributed by atoms with Gasteiger partial charge in [-0.3, -0.25) is 4.79 Å². The molecule has 3 heterocycles. The molecule has 1 amide bonds. The summed E-state index contributed by atoms with van der Waals surface area (Å²) in [6.45, 7) is 1.71. The third-order valence-electron chi connectivity index (χ3n) is 17.7. The zero-order valence-corrected chi connectivity index (χ0v) is 54.5. The quantitative estimate of drug-likeness (QED) is 0.0199. The van der Waals surface area contributed by atoms with E-state index in [1.807, 2.05) is 6.08 Å². The fraction of sp³-hybridized carbons (Fsp3) is 0.899. The van der Waals surface area contributed by atoms with Crippen LogP contribution in [0.1, 0.15) is 264 Å². The summed E-state index contributed by atoms with van der Waals surface area (Å²) in [4.78, 5) is 13.4. The topological polar surface area (TPSA) is 307 Å². The summed E-state index contributed by atoms with van der Waals surface area (Å²) >= 11 is 0. The highest BCUT2D eigenvalue weighted by Crippen LogP contribution is 2.33. The number of carbonyl (C=O) groups is 1. The summed E-state index contributed by atoms with van der Waals surface area (Å²) in [7, 11) is 0. The van der Waals surface area contributed by atoms with Crippen molar-refractivity contribution in [2.75, 3.05) is 26.4 Å².